The van der Waals surface area contributed by atoms with Crippen LogP contribution in [0.1, 0.15) is 39.0 Å². The van der Waals surface area contributed by atoms with Crippen LogP contribution in [0.3, 0.4) is 0 Å². The van der Waals surface area contributed by atoms with Gasteiger partial charge in [-0.25, -0.2) is 0 Å². The Bertz CT molecular complexity index is 197. The second-order valence-electron chi connectivity index (χ2n) is 5.51. The molecule has 94 valence electrons. The molecule has 16 heavy (non-hydrogen) atoms. The standard InChI is InChI=1S/C13H26N2O/c1-11-6-7-13(16-11)10-15(2)9-12-5-3-4-8-14-12/h11-14H,3-10H2,1-2H3. The number of hydrogen-bond acceptors (Lipinski definition) is 3. The Balaban J connectivity index is 1.65. The van der Waals surface area contributed by atoms with Crippen LogP contribution in [-0.2, 0) is 4.74 Å². The highest BCUT2D eigenvalue weighted by Gasteiger charge is 2.24. The zero-order valence-corrected chi connectivity index (χ0v) is 10.7. The predicted octanol–water partition coefficient (Wildman–Crippen LogP) is 1.63. The summed E-state index contributed by atoms with van der Waals surface area (Å²) >= 11 is 0. The Morgan fingerprint density at radius 2 is 2.06 bits per heavy atom. The summed E-state index contributed by atoms with van der Waals surface area (Å²) in [5.74, 6) is 0. The van der Waals surface area contributed by atoms with Crippen molar-refractivity contribution in [3.05, 3.63) is 0 Å². The highest BCUT2D eigenvalue weighted by atomic mass is 16.5. The minimum Gasteiger partial charge on any atom is -0.374 e. The summed E-state index contributed by atoms with van der Waals surface area (Å²) in [7, 11) is 2.22. The number of hydrogen-bond donors (Lipinski definition) is 1. The van der Waals surface area contributed by atoms with Crippen LogP contribution in [-0.4, -0.2) is 49.8 Å². The summed E-state index contributed by atoms with van der Waals surface area (Å²) in [4.78, 5) is 2.44. The van der Waals surface area contributed by atoms with Crippen LogP contribution in [0.25, 0.3) is 0 Å². The molecule has 2 saturated heterocycles. The Hall–Kier alpha value is -0.120. The second kappa shape index (κ2) is 5.99. The number of likely N-dealkylation sites (N-methyl/N-ethyl adjacent to an activating group) is 1. The monoisotopic (exact) mass is 226 g/mol. The van der Waals surface area contributed by atoms with Gasteiger partial charge in [0.15, 0.2) is 0 Å². The third-order valence-electron chi connectivity index (χ3n) is 3.78. The maximum absolute atomic E-state index is 5.86. The maximum Gasteiger partial charge on any atom is 0.0706 e. The third kappa shape index (κ3) is 3.72. The number of ether oxygens (including phenoxy) is 1. The van der Waals surface area contributed by atoms with Crippen molar-refractivity contribution in [1.29, 1.82) is 0 Å². The predicted molar refractivity (Wildman–Crippen MR) is 66.7 cm³/mol. The topological polar surface area (TPSA) is 24.5 Å². The zero-order valence-electron chi connectivity index (χ0n) is 10.7. The number of nitrogens with zero attached hydrogens (tertiary/aromatic N) is 1. The van der Waals surface area contributed by atoms with E-state index in [-0.39, 0.29) is 0 Å². The van der Waals surface area contributed by atoms with Crippen LogP contribution in [0.5, 0.6) is 0 Å². The largest absolute Gasteiger partial charge is 0.374 e. The molecule has 2 rings (SSSR count). The number of piperidine rings is 1. The first-order valence-corrected chi connectivity index (χ1v) is 6.81. The fourth-order valence-corrected chi connectivity index (χ4v) is 2.90. The molecule has 2 heterocycles. The fourth-order valence-electron chi connectivity index (χ4n) is 2.90. The summed E-state index contributed by atoms with van der Waals surface area (Å²) in [6, 6.07) is 0.706. The van der Waals surface area contributed by atoms with Gasteiger partial charge in [-0.2, -0.15) is 0 Å². The first-order valence-electron chi connectivity index (χ1n) is 6.81. The van der Waals surface area contributed by atoms with Crippen LogP contribution in [0.2, 0.25) is 0 Å². The van der Waals surface area contributed by atoms with Gasteiger partial charge in [-0.15, -0.1) is 0 Å². The molecular weight excluding hydrogens is 200 g/mol. The summed E-state index contributed by atoms with van der Waals surface area (Å²) in [5, 5.41) is 3.60. The van der Waals surface area contributed by atoms with Gasteiger partial charge in [-0.05, 0) is 46.2 Å². The van der Waals surface area contributed by atoms with Gasteiger partial charge in [0.05, 0.1) is 12.2 Å². The average molecular weight is 226 g/mol. The van der Waals surface area contributed by atoms with E-state index in [1.165, 1.54) is 45.2 Å². The lowest BCUT2D eigenvalue weighted by molar-refractivity contribution is 0.0344. The van der Waals surface area contributed by atoms with E-state index < -0.39 is 0 Å². The van der Waals surface area contributed by atoms with Crippen molar-refractivity contribution in [3.8, 4) is 0 Å². The molecule has 0 amide bonds. The van der Waals surface area contributed by atoms with Gasteiger partial charge in [-0.3, -0.25) is 0 Å². The molecule has 3 heteroatoms. The Kier molecular flexibility index (Phi) is 4.62. The molecule has 0 aromatic heterocycles. The van der Waals surface area contributed by atoms with Gasteiger partial charge >= 0.3 is 0 Å². The van der Waals surface area contributed by atoms with Crippen LogP contribution in [0.4, 0.5) is 0 Å². The average Bonchev–Trinajstić information content (AvgIpc) is 2.65. The van der Waals surface area contributed by atoms with Gasteiger partial charge in [0.25, 0.3) is 0 Å². The van der Waals surface area contributed by atoms with Gasteiger partial charge in [0.2, 0.25) is 0 Å². The van der Waals surface area contributed by atoms with Crippen molar-refractivity contribution < 1.29 is 4.74 Å². The van der Waals surface area contributed by atoms with Crippen LogP contribution in [0.15, 0.2) is 0 Å². The first-order chi connectivity index (χ1) is 7.74. The minimum atomic E-state index is 0.476. The second-order valence-corrected chi connectivity index (χ2v) is 5.51. The van der Waals surface area contributed by atoms with E-state index in [0.717, 1.165) is 6.54 Å². The quantitative estimate of drug-likeness (QED) is 0.788. The summed E-state index contributed by atoms with van der Waals surface area (Å²) in [6.45, 7) is 5.66. The van der Waals surface area contributed by atoms with E-state index in [4.69, 9.17) is 4.74 Å². The molecule has 0 aliphatic carbocycles. The molecular formula is C13H26N2O. The molecule has 0 saturated carbocycles. The van der Waals surface area contributed by atoms with Crippen LogP contribution in [0, 0.1) is 0 Å². The lowest BCUT2D eigenvalue weighted by Crippen LogP contribution is -2.44. The number of rotatable bonds is 4. The Labute approximate surface area is 99.5 Å². The molecule has 2 fully saturated rings. The van der Waals surface area contributed by atoms with Gasteiger partial charge in [-0.1, -0.05) is 6.42 Å². The minimum absolute atomic E-state index is 0.476. The summed E-state index contributed by atoms with van der Waals surface area (Å²) in [6.07, 6.45) is 7.51. The molecule has 0 aromatic carbocycles. The summed E-state index contributed by atoms with van der Waals surface area (Å²) < 4.78 is 5.86. The molecule has 2 aliphatic rings. The molecule has 0 spiro atoms. The summed E-state index contributed by atoms with van der Waals surface area (Å²) in [5.41, 5.74) is 0. The number of nitrogens with one attached hydrogen (secondary N) is 1. The molecule has 3 nitrogen and oxygen atoms in total. The van der Waals surface area contributed by atoms with Crippen LogP contribution < -0.4 is 5.32 Å². The van der Waals surface area contributed by atoms with E-state index in [1.807, 2.05) is 0 Å². The van der Waals surface area contributed by atoms with E-state index in [2.05, 4.69) is 24.2 Å². The SMILES string of the molecule is CC1CCC(CN(C)CC2CCCCN2)O1. The fraction of sp³-hybridized carbons (Fsp3) is 1.00. The molecule has 3 unspecified atom stereocenters. The van der Waals surface area contributed by atoms with Crippen molar-refractivity contribution in [1.82, 2.24) is 10.2 Å². The normalized spacial score (nSPS) is 35.8. The van der Waals surface area contributed by atoms with E-state index >= 15 is 0 Å². The van der Waals surface area contributed by atoms with Crippen molar-refractivity contribution in [2.24, 2.45) is 0 Å². The van der Waals surface area contributed by atoms with Gasteiger partial charge in [0, 0.05) is 19.1 Å². The van der Waals surface area contributed by atoms with Crippen molar-refractivity contribution in [2.45, 2.75) is 57.3 Å². The van der Waals surface area contributed by atoms with Crippen molar-refractivity contribution >= 4 is 0 Å². The lowest BCUT2D eigenvalue weighted by atomic mass is 10.0. The zero-order chi connectivity index (χ0) is 11.4. The van der Waals surface area contributed by atoms with E-state index in [0.29, 0.717) is 18.2 Å². The highest BCUT2D eigenvalue weighted by Crippen LogP contribution is 2.19. The molecule has 0 aromatic rings. The molecule has 3 atom stereocenters. The molecule has 1 N–H and O–H groups in total. The van der Waals surface area contributed by atoms with E-state index in [9.17, 15) is 0 Å². The smallest absolute Gasteiger partial charge is 0.0706 e. The highest BCUT2D eigenvalue weighted by molar-refractivity contribution is 4.78. The van der Waals surface area contributed by atoms with Crippen molar-refractivity contribution in [3.63, 3.8) is 0 Å². The van der Waals surface area contributed by atoms with Gasteiger partial charge < -0.3 is 15.0 Å². The van der Waals surface area contributed by atoms with E-state index in [1.54, 1.807) is 0 Å². The molecule has 0 radical (unpaired) electrons. The molecule has 0 bridgehead atoms. The van der Waals surface area contributed by atoms with Gasteiger partial charge in [0.1, 0.15) is 0 Å². The Morgan fingerprint density at radius 3 is 2.69 bits per heavy atom. The van der Waals surface area contributed by atoms with Crippen LogP contribution >= 0.6 is 0 Å². The first kappa shape index (κ1) is 12.3. The molecule has 2 aliphatic heterocycles. The lowest BCUT2D eigenvalue weighted by Gasteiger charge is -2.29. The Morgan fingerprint density at radius 1 is 1.19 bits per heavy atom. The van der Waals surface area contributed by atoms with Crippen molar-refractivity contribution in [2.75, 3.05) is 26.7 Å². The third-order valence-corrected chi connectivity index (χ3v) is 3.78. The maximum atomic E-state index is 5.86.